The van der Waals surface area contributed by atoms with Gasteiger partial charge >= 0.3 is 0 Å². The van der Waals surface area contributed by atoms with Gasteiger partial charge in [-0.2, -0.15) is 0 Å². The molecule has 2 rings (SSSR count). The van der Waals surface area contributed by atoms with E-state index in [1.54, 1.807) is 7.05 Å². The molecule has 0 bridgehead atoms. The molecule has 0 heterocycles. The number of ether oxygens (including phenoxy) is 2. The number of aliphatic imine (C=N–C) groups is 1. The van der Waals surface area contributed by atoms with Crippen molar-refractivity contribution in [1.29, 1.82) is 0 Å². The van der Waals surface area contributed by atoms with Gasteiger partial charge in [0.05, 0.1) is 6.61 Å². The normalized spacial score (nSPS) is 11.3. The minimum atomic E-state index is 0.546. The van der Waals surface area contributed by atoms with E-state index in [-0.39, 0.29) is 0 Å². The second-order valence-corrected chi connectivity index (χ2v) is 7.32. The third kappa shape index (κ3) is 7.95. The number of nitrogens with zero attached hydrogens (tertiary/aromatic N) is 2. The Balaban J connectivity index is 1.83. The van der Waals surface area contributed by atoms with Gasteiger partial charge in [-0.25, -0.2) is 0 Å². The van der Waals surface area contributed by atoms with Crippen molar-refractivity contribution in [2.24, 2.45) is 4.99 Å². The largest absolute Gasteiger partial charge is 0.491 e. The lowest BCUT2D eigenvalue weighted by Gasteiger charge is -2.16. The molecule has 0 aromatic heterocycles. The van der Waals surface area contributed by atoms with Crippen molar-refractivity contribution in [2.45, 2.75) is 26.8 Å². The van der Waals surface area contributed by atoms with Crippen LogP contribution in [0, 0.1) is 6.92 Å². The number of hydrogen-bond acceptors (Lipinski definition) is 4. The first-order chi connectivity index (χ1) is 14.5. The predicted molar refractivity (Wildman–Crippen MR) is 126 cm³/mol. The van der Waals surface area contributed by atoms with E-state index in [2.05, 4.69) is 84.0 Å². The summed E-state index contributed by atoms with van der Waals surface area (Å²) in [6, 6.07) is 14.9. The van der Waals surface area contributed by atoms with E-state index >= 15 is 0 Å². The Bertz CT molecular complexity index is 788. The number of anilines is 1. The van der Waals surface area contributed by atoms with Gasteiger partial charge in [0, 0.05) is 52.1 Å². The summed E-state index contributed by atoms with van der Waals surface area (Å²) in [5.74, 6) is 1.67. The number of nitrogens with one attached hydrogen (secondary N) is 2. The van der Waals surface area contributed by atoms with Gasteiger partial charge in [0.1, 0.15) is 12.4 Å². The highest BCUT2D eigenvalue weighted by atomic mass is 16.5. The van der Waals surface area contributed by atoms with Crippen LogP contribution in [0.4, 0.5) is 5.69 Å². The average Bonchev–Trinajstić information content (AvgIpc) is 2.75. The summed E-state index contributed by atoms with van der Waals surface area (Å²) in [7, 11) is 5.89. The van der Waals surface area contributed by atoms with Crippen molar-refractivity contribution in [3.05, 3.63) is 59.2 Å². The quantitative estimate of drug-likeness (QED) is 0.337. The summed E-state index contributed by atoms with van der Waals surface area (Å²) in [6.45, 7) is 7.35. The van der Waals surface area contributed by atoms with Crippen molar-refractivity contribution in [3.63, 3.8) is 0 Å². The smallest absolute Gasteiger partial charge is 0.191 e. The molecular weight excluding hydrogens is 376 g/mol. The zero-order valence-electron chi connectivity index (χ0n) is 19.0. The van der Waals surface area contributed by atoms with E-state index in [0.717, 1.165) is 30.2 Å². The van der Waals surface area contributed by atoms with Crippen molar-refractivity contribution in [3.8, 4) is 5.75 Å². The zero-order valence-corrected chi connectivity index (χ0v) is 19.0. The van der Waals surface area contributed by atoms with Crippen LogP contribution in [0.5, 0.6) is 5.75 Å². The highest BCUT2D eigenvalue weighted by Gasteiger charge is 2.06. The molecule has 0 saturated carbocycles. The first kappa shape index (κ1) is 23.5. The van der Waals surface area contributed by atoms with Gasteiger partial charge in [-0.3, -0.25) is 4.99 Å². The van der Waals surface area contributed by atoms with Crippen molar-refractivity contribution < 1.29 is 9.47 Å². The number of rotatable bonds is 11. The first-order valence-electron chi connectivity index (χ1n) is 10.5. The summed E-state index contributed by atoms with van der Waals surface area (Å²) >= 11 is 0. The molecule has 0 saturated heterocycles. The van der Waals surface area contributed by atoms with E-state index in [0.29, 0.717) is 26.4 Å². The molecule has 0 fully saturated rings. The molecular formula is C24H36N4O2. The Hall–Kier alpha value is -2.73. The van der Waals surface area contributed by atoms with Crippen LogP contribution >= 0.6 is 0 Å². The highest BCUT2D eigenvalue weighted by Crippen LogP contribution is 2.20. The first-order valence-corrected chi connectivity index (χ1v) is 10.5. The Morgan fingerprint density at radius 2 is 1.80 bits per heavy atom. The number of hydrogen-bond donors (Lipinski definition) is 2. The molecule has 30 heavy (non-hydrogen) atoms. The Labute approximate surface area is 181 Å². The van der Waals surface area contributed by atoms with Gasteiger partial charge in [0.2, 0.25) is 0 Å². The molecule has 0 aliphatic rings. The number of benzene rings is 2. The van der Waals surface area contributed by atoms with Crippen molar-refractivity contribution in [2.75, 3.05) is 52.4 Å². The Kier molecular flexibility index (Phi) is 10.0. The molecule has 0 aliphatic carbocycles. The second-order valence-electron chi connectivity index (χ2n) is 7.32. The molecule has 2 aromatic carbocycles. The van der Waals surface area contributed by atoms with Crippen molar-refractivity contribution >= 4 is 11.6 Å². The Morgan fingerprint density at radius 3 is 2.47 bits per heavy atom. The average molecular weight is 413 g/mol. The monoisotopic (exact) mass is 412 g/mol. The van der Waals surface area contributed by atoms with Crippen LogP contribution in [0.2, 0.25) is 0 Å². The van der Waals surface area contributed by atoms with Gasteiger partial charge in [-0.05, 0) is 49.6 Å². The second kappa shape index (κ2) is 12.8. The standard InChI is InChI=1S/C24H36N4O2/c1-6-29-15-16-30-23-17-19(2)7-10-21(23)18-27-24(25-3)26-14-13-20-8-11-22(12-9-20)28(4)5/h7-12,17H,6,13-16,18H2,1-5H3,(H2,25,26,27). The van der Waals surface area contributed by atoms with Crippen LogP contribution in [-0.2, 0) is 17.7 Å². The maximum absolute atomic E-state index is 5.92. The van der Waals surface area contributed by atoms with Crippen LogP contribution < -0.4 is 20.3 Å². The predicted octanol–water partition coefficient (Wildman–Crippen LogP) is 3.38. The van der Waals surface area contributed by atoms with E-state index in [1.807, 2.05) is 6.92 Å². The summed E-state index contributed by atoms with van der Waals surface area (Å²) in [5, 5.41) is 6.76. The van der Waals surface area contributed by atoms with Crippen LogP contribution in [-0.4, -0.2) is 53.5 Å². The third-order valence-corrected chi connectivity index (χ3v) is 4.74. The highest BCUT2D eigenvalue weighted by molar-refractivity contribution is 5.79. The van der Waals surface area contributed by atoms with Crippen LogP contribution in [0.3, 0.4) is 0 Å². The molecule has 6 heteroatoms. The lowest BCUT2D eigenvalue weighted by molar-refractivity contribution is 0.110. The fraction of sp³-hybridized carbons (Fsp3) is 0.458. The lowest BCUT2D eigenvalue weighted by atomic mass is 10.1. The Morgan fingerprint density at radius 1 is 1.03 bits per heavy atom. The maximum atomic E-state index is 5.92. The minimum absolute atomic E-state index is 0.546. The van der Waals surface area contributed by atoms with Gasteiger partial charge < -0.3 is 25.0 Å². The zero-order chi connectivity index (χ0) is 21.8. The molecule has 2 N–H and O–H groups in total. The lowest BCUT2D eigenvalue weighted by Crippen LogP contribution is -2.38. The fourth-order valence-corrected chi connectivity index (χ4v) is 2.98. The summed E-state index contributed by atoms with van der Waals surface area (Å²) in [5.41, 5.74) is 4.78. The van der Waals surface area contributed by atoms with Gasteiger partial charge in [0.15, 0.2) is 5.96 Å². The summed E-state index contributed by atoms with van der Waals surface area (Å²) < 4.78 is 11.3. The van der Waals surface area contributed by atoms with E-state index in [9.17, 15) is 0 Å². The molecule has 164 valence electrons. The number of aryl methyl sites for hydroxylation is 1. The molecule has 0 aliphatic heterocycles. The molecule has 6 nitrogen and oxygen atoms in total. The molecule has 0 spiro atoms. The molecule has 0 amide bonds. The van der Waals surface area contributed by atoms with Gasteiger partial charge in [-0.15, -0.1) is 0 Å². The topological polar surface area (TPSA) is 58.1 Å². The SMILES string of the molecule is CCOCCOc1cc(C)ccc1CNC(=NC)NCCc1ccc(N(C)C)cc1. The van der Waals surface area contributed by atoms with Crippen molar-refractivity contribution in [1.82, 2.24) is 10.6 Å². The van der Waals surface area contributed by atoms with Crippen LogP contribution in [0.25, 0.3) is 0 Å². The summed E-state index contributed by atoms with van der Waals surface area (Å²) in [4.78, 5) is 6.44. The molecule has 0 radical (unpaired) electrons. The van der Waals surface area contributed by atoms with Crippen LogP contribution in [0.1, 0.15) is 23.6 Å². The van der Waals surface area contributed by atoms with E-state index in [4.69, 9.17) is 9.47 Å². The van der Waals surface area contributed by atoms with Gasteiger partial charge in [0.25, 0.3) is 0 Å². The third-order valence-electron chi connectivity index (χ3n) is 4.74. The molecule has 0 unspecified atom stereocenters. The van der Waals surface area contributed by atoms with E-state index < -0.39 is 0 Å². The fourth-order valence-electron chi connectivity index (χ4n) is 2.98. The minimum Gasteiger partial charge on any atom is -0.491 e. The van der Waals surface area contributed by atoms with E-state index in [1.165, 1.54) is 16.8 Å². The molecule has 0 atom stereocenters. The number of guanidine groups is 1. The molecule has 2 aromatic rings. The van der Waals surface area contributed by atoms with Gasteiger partial charge in [-0.1, -0.05) is 24.3 Å². The van der Waals surface area contributed by atoms with Crippen LogP contribution in [0.15, 0.2) is 47.5 Å². The maximum Gasteiger partial charge on any atom is 0.191 e. The summed E-state index contributed by atoms with van der Waals surface area (Å²) in [6.07, 6.45) is 0.935.